The minimum atomic E-state index is -0.950. The molecule has 2 heterocycles. The first-order chi connectivity index (χ1) is 14.4. The Hall–Kier alpha value is -3.25. The smallest absolute Gasteiger partial charge is 0.274 e. The predicted molar refractivity (Wildman–Crippen MR) is 116 cm³/mol. The van der Waals surface area contributed by atoms with Crippen LogP contribution in [0.3, 0.4) is 0 Å². The lowest BCUT2D eigenvalue weighted by Gasteiger charge is -2.29. The van der Waals surface area contributed by atoms with Gasteiger partial charge in [-0.1, -0.05) is 30.3 Å². The van der Waals surface area contributed by atoms with Crippen LogP contribution in [-0.2, 0) is 6.54 Å². The van der Waals surface area contributed by atoms with Crippen LogP contribution >= 0.6 is 0 Å². The average Bonchev–Trinajstić information content (AvgIpc) is 3.18. The SMILES string of the molecule is COc1cc(N2CCn3cc(-c4ccccc4)cc3C2=O)ccc1OCC(C)(C)O. The first-order valence-corrected chi connectivity index (χ1v) is 9.96. The van der Waals surface area contributed by atoms with Gasteiger partial charge in [-0.15, -0.1) is 0 Å². The molecule has 1 amide bonds. The fraction of sp³-hybridized carbons (Fsp3) is 0.292. The van der Waals surface area contributed by atoms with Crippen LogP contribution in [0.4, 0.5) is 5.69 Å². The molecule has 1 aliphatic rings. The van der Waals surface area contributed by atoms with Crippen molar-refractivity contribution in [2.24, 2.45) is 0 Å². The van der Waals surface area contributed by atoms with Crippen LogP contribution in [0, 0.1) is 0 Å². The second-order valence-electron chi connectivity index (χ2n) is 8.07. The topological polar surface area (TPSA) is 63.9 Å². The summed E-state index contributed by atoms with van der Waals surface area (Å²) in [5.74, 6) is 1.01. The van der Waals surface area contributed by atoms with Crippen molar-refractivity contribution >= 4 is 11.6 Å². The molecule has 156 valence electrons. The molecule has 2 aromatic carbocycles. The van der Waals surface area contributed by atoms with Gasteiger partial charge in [-0.3, -0.25) is 4.79 Å². The third-order valence-corrected chi connectivity index (χ3v) is 5.07. The third kappa shape index (κ3) is 4.04. The van der Waals surface area contributed by atoms with Crippen LogP contribution in [0.5, 0.6) is 11.5 Å². The van der Waals surface area contributed by atoms with Gasteiger partial charge in [0.1, 0.15) is 12.3 Å². The van der Waals surface area contributed by atoms with Crippen LogP contribution in [0.25, 0.3) is 11.1 Å². The zero-order valence-electron chi connectivity index (χ0n) is 17.5. The Kier molecular flexibility index (Phi) is 5.26. The van der Waals surface area contributed by atoms with Crippen LogP contribution in [-0.4, -0.2) is 41.4 Å². The van der Waals surface area contributed by atoms with Crippen molar-refractivity contribution in [1.82, 2.24) is 4.57 Å². The Bertz CT molecular complexity index is 1050. The second kappa shape index (κ2) is 7.88. The lowest BCUT2D eigenvalue weighted by Crippen LogP contribution is -2.39. The van der Waals surface area contributed by atoms with Crippen LogP contribution in [0.1, 0.15) is 24.3 Å². The van der Waals surface area contributed by atoms with E-state index in [-0.39, 0.29) is 12.5 Å². The summed E-state index contributed by atoms with van der Waals surface area (Å²) in [6.07, 6.45) is 2.04. The molecular weight excluding hydrogens is 380 g/mol. The molecule has 0 bridgehead atoms. The summed E-state index contributed by atoms with van der Waals surface area (Å²) < 4.78 is 13.2. The predicted octanol–water partition coefficient (Wildman–Crippen LogP) is 3.97. The first-order valence-electron chi connectivity index (χ1n) is 9.96. The lowest BCUT2D eigenvalue weighted by molar-refractivity contribution is 0.0276. The van der Waals surface area contributed by atoms with Crippen molar-refractivity contribution < 1.29 is 19.4 Å². The summed E-state index contributed by atoms with van der Waals surface area (Å²) in [7, 11) is 1.56. The lowest BCUT2D eigenvalue weighted by atomic mass is 10.1. The van der Waals surface area contributed by atoms with Gasteiger partial charge in [0.05, 0.1) is 12.7 Å². The monoisotopic (exact) mass is 406 g/mol. The molecular formula is C24H26N2O4. The van der Waals surface area contributed by atoms with Gasteiger partial charge in [-0.25, -0.2) is 0 Å². The summed E-state index contributed by atoms with van der Waals surface area (Å²) in [5, 5.41) is 9.89. The van der Waals surface area contributed by atoms with E-state index in [9.17, 15) is 9.90 Å². The molecule has 0 unspecified atom stereocenters. The van der Waals surface area contributed by atoms with E-state index in [4.69, 9.17) is 9.47 Å². The number of nitrogens with zero attached hydrogens (tertiary/aromatic N) is 2. The number of aliphatic hydroxyl groups is 1. The maximum absolute atomic E-state index is 13.2. The maximum Gasteiger partial charge on any atom is 0.274 e. The highest BCUT2D eigenvalue weighted by Gasteiger charge is 2.27. The zero-order valence-corrected chi connectivity index (χ0v) is 17.5. The van der Waals surface area contributed by atoms with Crippen molar-refractivity contribution in [2.75, 3.05) is 25.2 Å². The van der Waals surface area contributed by atoms with Gasteiger partial charge in [0.2, 0.25) is 0 Å². The molecule has 1 aliphatic heterocycles. The van der Waals surface area contributed by atoms with Gasteiger partial charge >= 0.3 is 0 Å². The molecule has 4 rings (SSSR count). The van der Waals surface area contributed by atoms with E-state index < -0.39 is 5.60 Å². The average molecular weight is 406 g/mol. The van der Waals surface area contributed by atoms with Crippen molar-refractivity contribution in [3.63, 3.8) is 0 Å². The normalized spacial score (nSPS) is 13.9. The number of hydrogen-bond acceptors (Lipinski definition) is 4. The molecule has 0 spiro atoms. The van der Waals surface area contributed by atoms with Crippen LogP contribution in [0.15, 0.2) is 60.8 Å². The van der Waals surface area contributed by atoms with Crippen molar-refractivity contribution in [3.8, 4) is 22.6 Å². The van der Waals surface area contributed by atoms with E-state index in [2.05, 4.69) is 0 Å². The number of rotatable bonds is 6. The standard InChI is InChI=1S/C24H26N2O4/c1-24(2,28)16-30-21-10-9-19(14-22(21)29-3)26-12-11-25-15-18(13-20(25)23(26)27)17-7-5-4-6-8-17/h4-10,13-15,28H,11-12,16H2,1-3H3. The van der Waals surface area contributed by atoms with Gasteiger partial charge in [0, 0.05) is 36.6 Å². The van der Waals surface area contributed by atoms with E-state index in [0.29, 0.717) is 30.3 Å². The second-order valence-corrected chi connectivity index (χ2v) is 8.07. The number of methoxy groups -OCH3 is 1. The van der Waals surface area contributed by atoms with Crippen molar-refractivity contribution in [2.45, 2.75) is 26.0 Å². The molecule has 0 radical (unpaired) electrons. The molecule has 0 saturated carbocycles. The highest BCUT2D eigenvalue weighted by molar-refractivity contribution is 6.06. The maximum atomic E-state index is 13.2. The fourth-order valence-corrected chi connectivity index (χ4v) is 3.55. The Balaban J connectivity index is 1.59. The van der Waals surface area contributed by atoms with E-state index in [1.54, 1.807) is 38.0 Å². The van der Waals surface area contributed by atoms with Crippen molar-refractivity contribution in [3.05, 3.63) is 66.5 Å². The molecule has 1 N–H and O–H groups in total. The quantitative estimate of drug-likeness (QED) is 0.673. The Morgan fingerprint density at radius 2 is 1.77 bits per heavy atom. The van der Waals surface area contributed by atoms with E-state index in [0.717, 1.165) is 16.8 Å². The minimum Gasteiger partial charge on any atom is -0.493 e. The summed E-state index contributed by atoms with van der Waals surface area (Å²) in [6, 6.07) is 17.4. The van der Waals surface area contributed by atoms with E-state index in [1.165, 1.54) is 0 Å². The highest BCUT2D eigenvalue weighted by atomic mass is 16.5. The third-order valence-electron chi connectivity index (χ3n) is 5.07. The molecule has 6 nitrogen and oxygen atoms in total. The number of ether oxygens (including phenoxy) is 2. The van der Waals surface area contributed by atoms with E-state index in [1.807, 2.05) is 53.2 Å². The van der Waals surface area contributed by atoms with Gasteiger partial charge < -0.3 is 24.0 Å². The molecule has 30 heavy (non-hydrogen) atoms. The number of carbonyl (C=O) groups excluding carboxylic acids is 1. The molecule has 0 atom stereocenters. The van der Waals surface area contributed by atoms with E-state index >= 15 is 0 Å². The Morgan fingerprint density at radius 1 is 1.00 bits per heavy atom. The largest absolute Gasteiger partial charge is 0.493 e. The van der Waals surface area contributed by atoms with Crippen LogP contribution in [0.2, 0.25) is 0 Å². The molecule has 1 aromatic heterocycles. The molecule has 0 fully saturated rings. The molecule has 0 saturated heterocycles. The number of benzene rings is 2. The summed E-state index contributed by atoms with van der Waals surface area (Å²) >= 11 is 0. The molecule has 0 aliphatic carbocycles. The number of carbonyl (C=O) groups is 1. The van der Waals surface area contributed by atoms with Crippen LogP contribution < -0.4 is 14.4 Å². The van der Waals surface area contributed by atoms with Gasteiger partial charge in [-0.05, 0) is 37.6 Å². The number of fused-ring (bicyclic) bond motifs is 1. The summed E-state index contributed by atoms with van der Waals surface area (Å²) in [5.41, 5.74) is 2.60. The number of aromatic nitrogens is 1. The number of anilines is 1. The highest BCUT2D eigenvalue weighted by Crippen LogP contribution is 2.34. The Morgan fingerprint density at radius 3 is 2.47 bits per heavy atom. The Labute approximate surface area is 176 Å². The molecule has 3 aromatic rings. The van der Waals surface area contributed by atoms with Gasteiger partial charge in [0.25, 0.3) is 5.91 Å². The van der Waals surface area contributed by atoms with Gasteiger partial charge in [-0.2, -0.15) is 0 Å². The summed E-state index contributed by atoms with van der Waals surface area (Å²) in [6.45, 7) is 4.79. The van der Waals surface area contributed by atoms with Crippen molar-refractivity contribution in [1.29, 1.82) is 0 Å². The summed E-state index contributed by atoms with van der Waals surface area (Å²) in [4.78, 5) is 15.0. The molecule has 6 heteroatoms. The first kappa shape index (κ1) is 20.0. The number of amides is 1. The number of hydrogen-bond donors (Lipinski definition) is 1. The van der Waals surface area contributed by atoms with Gasteiger partial charge in [0.15, 0.2) is 11.5 Å². The minimum absolute atomic E-state index is 0.0457. The fourth-order valence-electron chi connectivity index (χ4n) is 3.55. The zero-order chi connectivity index (χ0) is 21.3.